The lowest BCUT2D eigenvalue weighted by atomic mass is 10.1. The maximum Gasteiger partial charge on any atom is 0.339 e. The van der Waals surface area contributed by atoms with Crippen molar-refractivity contribution in [2.45, 2.75) is 71.0 Å². The summed E-state index contributed by atoms with van der Waals surface area (Å²) in [4.78, 5) is 25.7. The van der Waals surface area contributed by atoms with Crippen LogP contribution in [-0.2, 0) is 21.5 Å². The number of benzene rings is 2. The van der Waals surface area contributed by atoms with E-state index in [1.807, 2.05) is 34.6 Å². The Balaban J connectivity index is 2.29. The van der Waals surface area contributed by atoms with Crippen molar-refractivity contribution in [1.82, 2.24) is 10.2 Å². The molecule has 0 bridgehead atoms. The highest BCUT2D eigenvalue weighted by Crippen LogP contribution is 2.26. The molecule has 0 spiro atoms. The predicted octanol–water partition coefficient (Wildman–Crippen LogP) is 4.52. The second kappa shape index (κ2) is 10.7. The van der Waals surface area contributed by atoms with Crippen molar-refractivity contribution in [2.75, 3.05) is 5.32 Å². The first-order chi connectivity index (χ1) is 15.3. The molecule has 33 heavy (non-hydrogen) atoms. The lowest BCUT2D eigenvalue weighted by Crippen LogP contribution is -2.50. The Morgan fingerprint density at radius 2 is 1.67 bits per heavy atom. The Kier molecular flexibility index (Phi) is 8.49. The summed E-state index contributed by atoms with van der Waals surface area (Å²) in [6.07, 6.45) is 0.736. The minimum absolute atomic E-state index is 0.0457. The average Bonchev–Trinajstić information content (AvgIpc) is 2.71. The van der Waals surface area contributed by atoms with E-state index in [0.717, 1.165) is 6.42 Å². The van der Waals surface area contributed by atoms with Gasteiger partial charge in [-0.05, 0) is 64.4 Å². The molecule has 9 heteroatoms. The minimum atomic E-state index is -4.12. The summed E-state index contributed by atoms with van der Waals surface area (Å²) in [5, 5.41) is 5.55. The first kappa shape index (κ1) is 26.2. The van der Waals surface area contributed by atoms with Crippen molar-refractivity contribution >= 4 is 27.7 Å². The Morgan fingerprint density at radius 1 is 1.06 bits per heavy atom. The van der Waals surface area contributed by atoms with Crippen LogP contribution in [0.15, 0.2) is 53.4 Å². The van der Waals surface area contributed by atoms with Gasteiger partial charge in [0.05, 0.1) is 6.54 Å². The number of rotatable bonds is 8. The normalized spacial score (nSPS) is 12.5. The van der Waals surface area contributed by atoms with E-state index in [1.54, 1.807) is 29.2 Å². The molecule has 0 aliphatic heterocycles. The van der Waals surface area contributed by atoms with Crippen LogP contribution in [0.1, 0.15) is 53.5 Å². The molecule has 3 amide bonds. The largest absolute Gasteiger partial charge is 0.379 e. The highest BCUT2D eigenvalue weighted by molar-refractivity contribution is 7.87. The fourth-order valence-corrected chi connectivity index (χ4v) is 3.98. The zero-order valence-corrected chi connectivity index (χ0v) is 20.8. The fraction of sp³-hybridized carbons (Fsp3) is 0.417. The molecule has 0 unspecified atom stereocenters. The molecular weight excluding hydrogens is 442 g/mol. The summed E-state index contributed by atoms with van der Waals surface area (Å²) in [6, 6.07) is 12.2. The summed E-state index contributed by atoms with van der Waals surface area (Å²) in [7, 11) is -4.12. The number of anilines is 1. The minimum Gasteiger partial charge on any atom is -0.379 e. The number of hydrogen-bond donors (Lipinski definition) is 2. The summed E-state index contributed by atoms with van der Waals surface area (Å²) in [5.74, 6) is -0.0996. The molecule has 0 radical (unpaired) electrons. The fourth-order valence-electron chi connectivity index (χ4n) is 3.01. The van der Waals surface area contributed by atoms with Gasteiger partial charge in [0.15, 0.2) is 0 Å². The van der Waals surface area contributed by atoms with Gasteiger partial charge in [0, 0.05) is 29.8 Å². The number of carbonyl (C=O) groups excluding carboxylic acids is 2. The average molecular weight is 476 g/mol. The maximum atomic E-state index is 12.9. The molecule has 0 saturated carbocycles. The van der Waals surface area contributed by atoms with Crippen LogP contribution in [0.2, 0.25) is 0 Å². The first-order valence-electron chi connectivity index (χ1n) is 10.8. The quantitative estimate of drug-likeness (QED) is 0.546. The van der Waals surface area contributed by atoms with Gasteiger partial charge in [0.1, 0.15) is 10.6 Å². The third kappa shape index (κ3) is 7.78. The summed E-state index contributed by atoms with van der Waals surface area (Å²) in [6.45, 7) is 11.2. The van der Waals surface area contributed by atoms with Gasteiger partial charge in [0.25, 0.3) is 0 Å². The van der Waals surface area contributed by atoms with Gasteiger partial charge in [-0.1, -0.05) is 25.1 Å². The zero-order valence-electron chi connectivity index (χ0n) is 20.0. The van der Waals surface area contributed by atoms with Gasteiger partial charge in [-0.2, -0.15) is 8.42 Å². The Labute approximate surface area is 196 Å². The van der Waals surface area contributed by atoms with Crippen molar-refractivity contribution in [3.05, 3.63) is 54.1 Å². The molecule has 2 aromatic rings. The van der Waals surface area contributed by atoms with Crippen molar-refractivity contribution in [3.63, 3.8) is 0 Å². The maximum absolute atomic E-state index is 12.9. The van der Waals surface area contributed by atoms with E-state index < -0.39 is 15.7 Å². The van der Waals surface area contributed by atoms with Gasteiger partial charge < -0.3 is 19.7 Å². The molecule has 0 heterocycles. The van der Waals surface area contributed by atoms with E-state index in [0.29, 0.717) is 11.3 Å². The molecule has 2 aromatic carbocycles. The highest BCUT2D eigenvalue weighted by atomic mass is 32.2. The van der Waals surface area contributed by atoms with E-state index in [4.69, 9.17) is 4.18 Å². The van der Waals surface area contributed by atoms with Crippen LogP contribution in [0.4, 0.5) is 10.5 Å². The van der Waals surface area contributed by atoms with Crippen molar-refractivity contribution in [2.24, 2.45) is 0 Å². The molecule has 0 fully saturated rings. The summed E-state index contributed by atoms with van der Waals surface area (Å²) < 4.78 is 31.2. The third-order valence-corrected chi connectivity index (χ3v) is 6.09. The summed E-state index contributed by atoms with van der Waals surface area (Å²) in [5.41, 5.74) is 0.641. The SMILES string of the molecule is CC[C@H](C)N(Cc1ccccc1OS(=O)(=O)c1ccc(NC(C)=O)cc1)C(=O)NC(C)(C)C. The number of hydrogen-bond acceptors (Lipinski definition) is 5. The monoisotopic (exact) mass is 475 g/mol. The topological polar surface area (TPSA) is 105 Å². The van der Waals surface area contributed by atoms with Gasteiger partial charge in [0.2, 0.25) is 5.91 Å². The predicted molar refractivity (Wildman–Crippen MR) is 129 cm³/mol. The molecule has 2 rings (SSSR count). The smallest absolute Gasteiger partial charge is 0.339 e. The van der Waals surface area contributed by atoms with Gasteiger partial charge >= 0.3 is 16.1 Å². The third-order valence-electron chi connectivity index (χ3n) is 4.84. The number of para-hydroxylation sites is 1. The van der Waals surface area contributed by atoms with E-state index in [1.165, 1.54) is 31.2 Å². The second-order valence-electron chi connectivity index (χ2n) is 8.92. The first-order valence-corrected chi connectivity index (χ1v) is 12.2. The van der Waals surface area contributed by atoms with E-state index >= 15 is 0 Å². The number of amides is 3. The molecule has 2 N–H and O–H groups in total. The molecule has 1 atom stereocenters. The lowest BCUT2D eigenvalue weighted by Gasteiger charge is -2.32. The Morgan fingerprint density at radius 3 is 2.21 bits per heavy atom. The van der Waals surface area contributed by atoms with Crippen LogP contribution < -0.4 is 14.8 Å². The summed E-state index contributed by atoms with van der Waals surface area (Å²) >= 11 is 0. The second-order valence-corrected chi connectivity index (χ2v) is 10.5. The van der Waals surface area contributed by atoms with Crippen molar-refractivity contribution in [1.29, 1.82) is 0 Å². The molecule has 0 aliphatic rings. The van der Waals surface area contributed by atoms with E-state index in [9.17, 15) is 18.0 Å². The van der Waals surface area contributed by atoms with Crippen molar-refractivity contribution < 1.29 is 22.2 Å². The van der Waals surface area contributed by atoms with Crippen LogP contribution in [-0.4, -0.2) is 36.8 Å². The van der Waals surface area contributed by atoms with Gasteiger partial charge in [-0.25, -0.2) is 4.79 Å². The van der Waals surface area contributed by atoms with Crippen molar-refractivity contribution in [3.8, 4) is 5.75 Å². The van der Waals surface area contributed by atoms with Gasteiger partial charge in [-0.15, -0.1) is 0 Å². The molecule has 180 valence electrons. The van der Waals surface area contributed by atoms with Crippen LogP contribution >= 0.6 is 0 Å². The van der Waals surface area contributed by atoms with Crippen LogP contribution in [0, 0.1) is 0 Å². The Bertz CT molecular complexity index is 1080. The van der Waals surface area contributed by atoms with E-state index in [-0.39, 0.29) is 35.2 Å². The number of nitrogens with one attached hydrogen (secondary N) is 2. The number of urea groups is 1. The Hall–Kier alpha value is -3.07. The molecule has 8 nitrogen and oxygen atoms in total. The molecule has 0 saturated heterocycles. The zero-order chi connectivity index (χ0) is 24.8. The van der Waals surface area contributed by atoms with Crippen LogP contribution in [0.5, 0.6) is 5.75 Å². The standard InChI is InChI=1S/C24H33N3O5S/c1-7-17(2)27(23(29)26-24(4,5)6)16-19-10-8-9-11-22(19)32-33(30,31)21-14-12-20(13-15-21)25-18(3)28/h8-15,17H,7,16H2,1-6H3,(H,25,28)(H,26,29)/t17-/m0/s1. The molecule has 0 aromatic heterocycles. The molecular formula is C24H33N3O5S. The number of nitrogens with zero attached hydrogens (tertiary/aromatic N) is 1. The van der Waals surface area contributed by atoms with Crippen LogP contribution in [0.3, 0.4) is 0 Å². The lowest BCUT2D eigenvalue weighted by molar-refractivity contribution is -0.114. The molecule has 0 aliphatic carbocycles. The van der Waals surface area contributed by atoms with Crippen LogP contribution in [0.25, 0.3) is 0 Å². The van der Waals surface area contributed by atoms with Gasteiger partial charge in [-0.3, -0.25) is 4.79 Å². The number of carbonyl (C=O) groups is 2. The highest BCUT2D eigenvalue weighted by Gasteiger charge is 2.25. The van der Waals surface area contributed by atoms with E-state index in [2.05, 4.69) is 10.6 Å².